The third-order valence-corrected chi connectivity index (χ3v) is 2.91. The minimum absolute atomic E-state index is 0.0112. The van der Waals surface area contributed by atoms with Crippen molar-refractivity contribution < 1.29 is 9.53 Å². The van der Waals surface area contributed by atoms with E-state index in [1.54, 1.807) is 16.9 Å². The third-order valence-electron chi connectivity index (χ3n) is 2.54. The summed E-state index contributed by atoms with van der Waals surface area (Å²) in [5.74, 6) is 0.394. The van der Waals surface area contributed by atoms with E-state index in [-0.39, 0.29) is 12.5 Å². The molecular formula is C13H14ClN3O2. The van der Waals surface area contributed by atoms with Crippen molar-refractivity contribution in [1.82, 2.24) is 9.78 Å². The molecule has 0 radical (unpaired) electrons. The lowest BCUT2D eigenvalue weighted by atomic mass is 10.2. The summed E-state index contributed by atoms with van der Waals surface area (Å²) >= 11 is 6.10. The van der Waals surface area contributed by atoms with E-state index in [1.165, 1.54) is 7.11 Å². The van der Waals surface area contributed by atoms with Crippen LogP contribution in [0.1, 0.15) is 5.56 Å². The molecule has 0 aliphatic rings. The molecule has 2 aromatic rings. The van der Waals surface area contributed by atoms with Crippen molar-refractivity contribution in [3.05, 3.63) is 47.1 Å². The second-order valence-electron chi connectivity index (χ2n) is 3.95. The lowest BCUT2D eigenvalue weighted by molar-refractivity contribution is -0.119. The van der Waals surface area contributed by atoms with Gasteiger partial charge >= 0.3 is 0 Å². The summed E-state index contributed by atoms with van der Waals surface area (Å²) in [7, 11) is 1.47. The van der Waals surface area contributed by atoms with Gasteiger partial charge in [0, 0.05) is 18.2 Å². The van der Waals surface area contributed by atoms with Crippen LogP contribution in [0.25, 0.3) is 0 Å². The van der Waals surface area contributed by atoms with Gasteiger partial charge in [-0.2, -0.15) is 5.10 Å². The number of carbonyl (C=O) groups is 1. The quantitative estimate of drug-likeness (QED) is 0.913. The molecule has 0 saturated carbocycles. The number of nitrogens with zero attached hydrogens (tertiary/aromatic N) is 2. The van der Waals surface area contributed by atoms with Gasteiger partial charge in [-0.05, 0) is 11.6 Å². The second-order valence-corrected chi connectivity index (χ2v) is 4.35. The highest BCUT2D eigenvalue weighted by Gasteiger charge is 2.08. The maximum absolute atomic E-state index is 11.5. The van der Waals surface area contributed by atoms with E-state index in [0.29, 0.717) is 17.4 Å². The number of hydrogen-bond donors (Lipinski definition) is 1. The van der Waals surface area contributed by atoms with Crippen LogP contribution < -0.4 is 5.32 Å². The summed E-state index contributed by atoms with van der Waals surface area (Å²) in [5.41, 5.74) is 0.940. The van der Waals surface area contributed by atoms with Gasteiger partial charge in [0.1, 0.15) is 12.4 Å². The zero-order valence-electron chi connectivity index (χ0n) is 10.5. The van der Waals surface area contributed by atoms with Crippen LogP contribution in [0, 0.1) is 0 Å². The Balaban J connectivity index is 2.12. The molecule has 6 heteroatoms. The topological polar surface area (TPSA) is 56.1 Å². The number of halogens is 1. The Morgan fingerprint density at radius 1 is 1.42 bits per heavy atom. The fourth-order valence-electron chi connectivity index (χ4n) is 1.66. The molecule has 0 aliphatic carbocycles. The summed E-state index contributed by atoms with van der Waals surface area (Å²) in [6.45, 7) is 0.506. The van der Waals surface area contributed by atoms with Crippen molar-refractivity contribution >= 4 is 23.3 Å². The number of rotatable bonds is 5. The van der Waals surface area contributed by atoms with Crippen LogP contribution in [0.5, 0.6) is 0 Å². The SMILES string of the molecule is COCC(=O)Nc1ccnn1Cc1ccccc1Cl. The first kappa shape index (κ1) is 13.6. The predicted octanol–water partition coefficient (Wildman–Crippen LogP) is 2.17. The number of hydrogen-bond acceptors (Lipinski definition) is 3. The molecule has 0 unspecified atom stereocenters. The lowest BCUT2D eigenvalue weighted by Crippen LogP contribution is -2.20. The fraction of sp³-hybridized carbons (Fsp3) is 0.231. The summed E-state index contributed by atoms with van der Waals surface area (Å²) < 4.78 is 6.44. The van der Waals surface area contributed by atoms with Crippen molar-refractivity contribution in [2.75, 3.05) is 19.0 Å². The van der Waals surface area contributed by atoms with Crippen molar-refractivity contribution in [2.45, 2.75) is 6.54 Å². The van der Waals surface area contributed by atoms with Crippen LogP contribution in [0.4, 0.5) is 5.82 Å². The molecule has 0 bridgehead atoms. The Morgan fingerprint density at radius 3 is 2.95 bits per heavy atom. The van der Waals surface area contributed by atoms with Crippen LogP contribution in [0.15, 0.2) is 36.5 Å². The second kappa shape index (κ2) is 6.36. The number of anilines is 1. The smallest absolute Gasteiger partial charge is 0.251 e. The summed E-state index contributed by atoms with van der Waals surface area (Å²) in [4.78, 5) is 11.5. The van der Waals surface area contributed by atoms with Gasteiger partial charge in [0.05, 0.1) is 12.7 Å². The average Bonchev–Trinajstić information content (AvgIpc) is 2.80. The normalized spacial score (nSPS) is 10.4. The Bertz CT molecular complexity index is 569. The maximum Gasteiger partial charge on any atom is 0.251 e. The van der Waals surface area contributed by atoms with E-state index in [2.05, 4.69) is 10.4 Å². The molecule has 1 aromatic carbocycles. The van der Waals surface area contributed by atoms with Crippen molar-refractivity contribution in [3.63, 3.8) is 0 Å². The Morgan fingerprint density at radius 2 is 2.21 bits per heavy atom. The molecule has 19 heavy (non-hydrogen) atoms. The van der Waals surface area contributed by atoms with Crippen LogP contribution >= 0.6 is 11.6 Å². The van der Waals surface area contributed by atoms with Gasteiger partial charge < -0.3 is 10.1 Å². The summed E-state index contributed by atoms with van der Waals surface area (Å²) in [5, 5.41) is 7.57. The highest BCUT2D eigenvalue weighted by molar-refractivity contribution is 6.31. The predicted molar refractivity (Wildman–Crippen MR) is 73.3 cm³/mol. The molecule has 0 spiro atoms. The first-order valence-corrected chi connectivity index (χ1v) is 6.12. The monoisotopic (exact) mass is 279 g/mol. The van der Waals surface area contributed by atoms with Crippen LogP contribution in [-0.4, -0.2) is 29.4 Å². The van der Waals surface area contributed by atoms with Gasteiger partial charge in [0.25, 0.3) is 5.91 Å². The van der Waals surface area contributed by atoms with Crippen molar-refractivity contribution in [3.8, 4) is 0 Å². The molecule has 5 nitrogen and oxygen atoms in total. The minimum Gasteiger partial charge on any atom is -0.375 e. The molecule has 1 heterocycles. The van der Waals surface area contributed by atoms with E-state index in [1.807, 2.05) is 24.3 Å². The Kier molecular flexibility index (Phi) is 4.54. The fourth-order valence-corrected chi connectivity index (χ4v) is 1.86. The third kappa shape index (κ3) is 3.56. The van der Waals surface area contributed by atoms with E-state index in [4.69, 9.17) is 16.3 Å². The number of benzene rings is 1. The molecule has 100 valence electrons. The van der Waals surface area contributed by atoms with E-state index in [9.17, 15) is 4.79 Å². The van der Waals surface area contributed by atoms with E-state index < -0.39 is 0 Å². The summed E-state index contributed by atoms with van der Waals surface area (Å²) in [6.07, 6.45) is 1.62. The first-order valence-electron chi connectivity index (χ1n) is 5.74. The number of amides is 1. The number of aromatic nitrogens is 2. The molecule has 1 amide bonds. The average molecular weight is 280 g/mol. The highest BCUT2D eigenvalue weighted by Crippen LogP contribution is 2.18. The van der Waals surface area contributed by atoms with Gasteiger partial charge in [0.15, 0.2) is 0 Å². The van der Waals surface area contributed by atoms with Gasteiger partial charge in [-0.3, -0.25) is 4.79 Å². The maximum atomic E-state index is 11.5. The van der Waals surface area contributed by atoms with Crippen molar-refractivity contribution in [2.24, 2.45) is 0 Å². The molecule has 1 N–H and O–H groups in total. The lowest BCUT2D eigenvalue weighted by Gasteiger charge is -2.09. The van der Waals surface area contributed by atoms with Crippen LogP contribution in [0.2, 0.25) is 5.02 Å². The molecule has 0 atom stereocenters. The Labute approximate surface area is 116 Å². The Hall–Kier alpha value is -1.85. The molecule has 1 aromatic heterocycles. The van der Waals surface area contributed by atoms with E-state index >= 15 is 0 Å². The molecule has 0 fully saturated rings. The van der Waals surface area contributed by atoms with Gasteiger partial charge in [-0.1, -0.05) is 29.8 Å². The number of nitrogens with one attached hydrogen (secondary N) is 1. The first-order chi connectivity index (χ1) is 9.20. The van der Waals surface area contributed by atoms with Crippen molar-refractivity contribution in [1.29, 1.82) is 0 Å². The molecule has 2 rings (SSSR count). The van der Waals surface area contributed by atoms with Crippen LogP contribution in [0.3, 0.4) is 0 Å². The molecular weight excluding hydrogens is 266 g/mol. The zero-order valence-corrected chi connectivity index (χ0v) is 11.2. The summed E-state index contributed by atoms with van der Waals surface area (Å²) in [6, 6.07) is 9.25. The van der Waals surface area contributed by atoms with Gasteiger partial charge in [-0.15, -0.1) is 0 Å². The standard InChI is InChI=1S/C13H14ClN3O2/c1-19-9-13(18)16-12-6-7-15-17(12)8-10-4-2-3-5-11(10)14/h2-7H,8-9H2,1H3,(H,16,18). The van der Waals surface area contributed by atoms with Gasteiger partial charge in [0.2, 0.25) is 0 Å². The number of methoxy groups -OCH3 is 1. The number of carbonyl (C=O) groups excluding carboxylic acids is 1. The van der Waals surface area contributed by atoms with Crippen LogP contribution in [-0.2, 0) is 16.1 Å². The van der Waals surface area contributed by atoms with E-state index in [0.717, 1.165) is 5.56 Å². The molecule has 0 aliphatic heterocycles. The number of ether oxygens (including phenoxy) is 1. The molecule has 0 saturated heterocycles. The zero-order chi connectivity index (χ0) is 13.7. The minimum atomic E-state index is -0.219. The van der Waals surface area contributed by atoms with Gasteiger partial charge in [-0.25, -0.2) is 4.68 Å². The largest absolute Gasteiger partial charge is 0.375 e. The highest BCUT2D eigenvalue weighted by atomic mass is 35.5.